The van der Waals surface area contributed by atoms with Crippen molar-refractivity contribution in [3.8, 4) is 16.8 Å². The van der Waals surface area contributed by atoms with E-state index in [2.05, 4.69) is 204 Å². The molecule has 1 spiro atoms. The molecule has 1 aliphatic heterocycles. The van der Waals surface area contributed by atoms with Crippen LogP contribution in [0.1, 0.15) is 22.3 Å². The van der Waals surface area contributed by atoms with Crippen LogP contribution in [-0.4, -0.2) is 4.57 Å². The van der Waals surface area contributed by atoms with Crippen LogP contribution in [0.2, 0.25) is 0 Å². The smallest absolute Gasteiger partial charge is 0.0760 e. The van der Waals surface area contributed by atoms with Crippen LogP contribution in [-0.2, 0) is 5.41 Å². The van der Waals surface area contributed by atoms with Crippen LogP contribution >= 0.6 is 11.3 Å². The van der Waals surface area contributed by atoms with E-state index in [-0.39, 0.29) is 0 Å². The van der Waals surface area contributed by atoms with Crippen LogP contribution in [0.25, 0.3) is 69.6 Å². The quantitative estimate of drug-likeness (QED) is 0.176. The molecule has 11 aromatic rings. The van der Waals surface area contributed by atoms with E-state index in [1.54, 1.807) is 0 Å². The number of benzene rings is 9. The van der Waals surface area contributed by atoms with Gasteiger partial charge in [0.1, 0.15) is 0 Å². The van der Waals surface area contributed by atoms with E-state index in [0.29, 0.717) is 0 Å². The molecule has 0 bridgehead atoms. The number of aromatic nitrogens is 1. The van der Waals surface area contributed by atoms with Gasteiger partial charge < -0.3 is 9.47 Å². The zero-order valence-corrected chi connectivity index (χ0v) is 31.1. The third-order valence-corrected chi connectivity index (χ3v) is 13.7. The molecule has 0 N–H and O–H groups in total. The first-order chi connectivity index (χ1) is 27.8. The molecule has 0 radical (unpaired) electrons. The minimum absolute atomic E-state index is 0.536. The summed E-state index contributed by atoms with van der Waals surface area (Å²) in [5.41, 5.74) is 14.6. The maximum atomic E-state index is 2.57. The average molecular weight is 729 g/mol. The molecule has 0 saturated heterocycles. The number of rotatable bonds is 3. The second-order valence-electron chi connectivity index (χ2n) is 15.2. The summed E-state index contributed by atoms with van der Waals surface area (Å²) < 4.78 is 5.16. The van der Waals surface area contributed by atoms with Crippen LogP contribution < -0.4 is 4.90 Å². The zero-order chi connectivity index (χ0) is 36.5. The van der Waals surface area contributed by atoms with Crippen molar-refractivity contribution in [2.45, 2.75) is 5.41 Å². The molecule has 1 unspecified atom stereocenters. The van der Waals surface area contributed by atoms with Gasteiger partial charge >= 0.3 is 0 Å². The van der Waals surface area contributed by atoms with Crippen LogP contribution in [0.3, 0.4) is 0 Å². The predicted molar refractivity (Wildman–Crippen MR) is 237 cm³/mol. The molecule has 260 valence electrons. The molecular weight excluding hydrogens is 697 g/mol. The van der Waals surface area contributed by atoms with E-state index in [0.717, 1.165) is 11.4 Å². The highest BCUT2D eigenvalue weighted by atomic mass is 32.1. The summed E-state index contributed by atoms with van der Waals surface area (Å²) >= 11 is 1.87. The van der Waals surface area contributed by atoms with Gasteiger partial charge in [0.2, 0.25) is 0 Å². The summed E-state index contributed by atoms with van der Waals surface area (Å²) in [6.07, 6.45) is 0. The lowest BCUT2D eigenvalue weighted by Gasteiger charge is -2.40. The lowest BCUT2D eigenvalue weighted by Crippen LogP contribution is -2.34. The number of hydrogen-bond acceptors (Lipinski definition) is 2. The Morgan fingerprint density at radius 1 is 0.446 bits per heavy atom. The standard InChI is InChI=1S/C53H32N2S/c1-2-15-34(16-3-1)54(46-25-13-27-49-50(46)41-20-8-11-26-48(41)56-49)35-29-31-43-47(32-35)55-45-24-10-7-19-38(45)40-21-12-23-44(52(40)55)53(43)42-22-9-6-18-37(42)39-30-28-33-14-4-5-17-36(33)51(39)53/h1-32H. The largest absolute Gasteiger partial charge is 0.310 e. The molecule has 0 fully saturated rings. The van der Waals surface area contributed by atoms with Gasteiger partial charge in [-0.05, 0) is 92.7 Å². The van der Waals surface area contributed by atoms with Gasteiger partial charge in [-0.25, -0.2) is 0 Å². The average Bonchev–Trinajstić information content (AvgIpc) is 3.91. The van der Waals surface area contributed by atoms with Crippen LogP contribution in [0.15, 0.2) is 194 Å². The molecular formula is C53H32N2S. The second-order valence-corrected chi connectivity index (χ2v) is 16.3. The molecule has 1 atom stereocenters. The van der Waals surface area contributed by atoms with Crippen molar-refractivity contribution in [3.63, 3.8) is 0 Å². The van der Waals surface area contributed by atoms with Gasteiger partial charge in [-0.3, -0.25) is 0 Å². The van der Waals surface area contributed by atoms with Crippen molar-refractivity contribution >= 4 is 81.1 Å². The third kappa shape index (κ3) is 3.75. The van der Waals surface area contributed by atoms with Gasteiger partial charge in [0.25, 0.3) is 0 Å². The Balaban J connectivity index is 1.20. The number of fused-ring (bicyclic) bond motifs is 17. The third-order valence-electron chi connectivity index (χ3n) is 12.5. The summed E-state index contributed by atoms with van der Waals surface area (Å²) in [7, 11) is 0. The molecule has 9 aromatic carbocycles. The number of anilines is 3. The van der Waals surface area contributed by atoms with Gasteiger partial charge in [-0.2, -0.15) is 0 Å². The highest BCUT2D eigenvalue weighted by Gasteiger charge is 2.51. The Morgan fingerprint density at radius 3 is 2.09 bits per heavy atom. The topological polar surface area (TPSA) is 8.17 Å². The first-order valence-corrected chi connectivity index (χ1v) is 20.2. The molecule has 56 heavy (non-hydrogen) atoms. The van der Waals surface area contributed by atoms with E-state index in [1.807, 2.05) is 11.3 Å². The lowest BCUT2D eigenvalue weighted by atomic mass is 9.64. The fourth-order valence-corrected chi connectivity index (χ4v) is 11.6. The van der Waals surface area contributed by atoms with Crippen LogP contribution in [0.4, 0.5) is 17.1 Å². The lowest BCUT2D eigenvalue weighted by molar-refractivity contribution is 0.754. The van der Waals surface area contributed by atoms with E-state index in [9.17, 15) is 0 Å². The molecule has 0 amide bonds. The van der Waals surface area contributed by atoms with Crippen molar-refractivity contribution in [2.75, 3.05) is 4.90 Å². The summed E-state index contributed by atoms with van der Waals surface area (Å²) in [5, 5.41) is 7.71. The molecule has 2 aromatic heterocycles. The minimum Gasteiger partial charge on any atom is -0.310 e. The number of thiophene rings is 1. The Labute approximate surface area is 327 Å². The van der Waals surface area contributed by atoms with Crippen molar-refractivity contribution in [1.29, 1.82) is 0 Å². The normalized spacial score (nSPS) is 15.2. The summed E-state index contributed by atoms with van der Waals surface area (Å²) in [6, 6.07) is 72.6. The van der Waals surface area contributed by atoms with E-state index in [1.165, 1.54) is 97.5 Å². The van der Waals surface area contributed by atoms with Gasteiger partial charge in [-0.15, -0.1) is 11.3 Å². The van der Waals surface area contributed by atoms with Crippen molar-refractivity contribution in [2.24, 2.45) is 0 Å². The summed E-state index contributed by atoms with van der Waals surface area (Å²) in [6.45, 7) is 0. The fraction of sp³-hybridized carbons (Fsp3) is 0.0189. The Hall–Kier alpha value is -6.94. The summed E-state index contributed by atoms with van der Waals surface area (Å²) in [5.74, 6) is 0. The maximum absolute atomic E-state index is 2.57. The highest BCUT2D eigenvalue weighted by molar-refractivity contribution is 7.26. The highest BCUT2D eigenvalue weighted by Crippen LogP contribution is 2.63. The molecule has 2 aliphatic rings. The molecule has 13 rings (SSSR count). The van der Waals surface area contributed by atoms with E-state index in [4.69, 9.17) is 0 Å². The summed E-state index contributed by atoms with van der Waals surface area (Å²) in [4.78, 5) is 2.48. The molecule has 1 aliphatic carbocycles. The Kier molecular flexibility index (Phi) is 6.01. The van der Waals surface area contributed by atoms with Crippen molar-refractivity contribution in [1.82, 2.24) is 4.57 Å². The molecule has 2 nitrogen and oxygen atoms in total. The number of para-hydroxylation sites is 3. The molecule has 3 heteroatoms. The van der Waals surface area contributed by atoms with Crippen molar-refractivity contribution in [3.05, 3.63) is 216 Å². The Bertz CT molecular complexity index is 3440. The van der Waals surface area contributed by atoms with Crippen LogP contribution in [0, 0.1) is 0 Å². The molecule has 0 saturated carbocycles. The fourth-order valence-electron chi connectivity index (χ4n) is 10.5. The van der Waals surface area contributed by atoms with Gasteiger partial charge in [-0.1, -0.05) is 146 Å². The van der Waals surface area contributed by atoms with Crippen molar-refractivity contribution < 1.29 is 0 Å². The number of nitrogens with zero attached hydrogens (tertiary/aromatic N) is 2. The van der Waals surface area contributed by atoms with Gasteiger partial charge in [0.15, 0.2) is 0 Å². The van der Waals surface area contributed by atoms with Gasteiger partial charge in [0, 0.05) is 42.3 Å². The van der Waals surface area contributed by atoms with E-state index >= 15 is 0 Å². The Morgan fingerprint density at radius 2 is 1.16 bits per heavy atom. The van der Waals surface area contributed by atoms with Gasteiger partial charge in [0.05, 0.1) is 27.8 Å². The first-order valence-electron chi connectivity index (χ1n) is 19.4. The van der Waals surface area contributed by atoms with Crippen LogP contribution in [0.5, 0.6) is 0 Å². The minimum atomic E-state index is -0.536. The second kappa shape index (κ2) is 11.1. The zero-order valence-electron chi connectivity index (χ0n) is 30.3. The first kappa shape index (κ1) is 30.4. The molecule has 3 heterocycles. The predicted octanol–water partition coefficient (Wildman–Crippen LogP) is 14.5. The maximum Gasteiger partial charge on any atom is 0.0760 e. The van der Waals surface area contributed by atoms with E-state index < -0.39 is 5.41 Å². The number of hydrogen-bond donors (Lipinski definition) is 0. The SMILES string of the molecule is c1ccc(N(c2ccc3c(c2)-n2c4ccccc4c4cccc(c42)C32c3ccccc3-c3ccc4ccccc4c32)c2cccc3sc4ccccc4c23)cc1. The monoisotopic (exact) mass is 728 g/mol.